The van der Waals surface area contributed by atoms with Gasteiger partial charge in [0.1, 0.15) is 11.5 Å². The molecule has 0 saturated heterocycles. The Morgan fingerprint density at radius 3 is 2.64 bits per heavy atom. The number of rotatable bonds is 7. The highest BCUT2D eigenvalue weighted by Gasteiger charge is 2.11. The maximum absolute atomic E-state index is 12.2. The first kappa shape index (κ1) is 20.0. The first-order valence-electron chi connectivity index (χ1n) is 8.07. The molecular formula is C19H15ClF2N2O3S. The van der Waals surface area contributed by atoms with Gasteiger partial charge in [-0.1, -0.05) is 23.7 Å². The van der Waals surface area contributed by atoms with Crippen molar-refractivity contribution in [2.45, 2.75) is 13.0 Å². The van der Waals surface area contributed by atoms with Gasteiger partial charge in [-0.05, 0) is 35.9 Å². The van der Waals surface area contributed by atoms with Gasteiger partial charge in [0.2, 0.25) is 5.91 Å². The van der Waals surface area contributed by atoms with Crippen molar-refractivity contribution in [3.63, 3.8) is 0 Å². The van der Waals surface area contributed by atoms with Crippen LogP contribution in [0.1, 0.15) is 5.56 Å². The minimum absolute atomic E-state index is 0.0434. The molecule has 0 bridgehead atoms. The summed E-state index contributed by atoms with van der Waals surface area (Å²) in [5.74, 6) is 0.345. The number of carbonyl (C=O) groups is 1. The third kappa shape index (κ3) is 5.17. The van der Waals surface area contributed by atoms with Gasteiger partial charge in [0.25, 0.3) is 0 Å². The average Bonchev–Trinajstić information content (AvgIpc) is 3.11. The molecule has 0 radical (unpaired) electrons. The van der Waals surface area contributed by atoms with E-state index in [-0.39, 0.29) is 18.1 Å². The number of hydrogen-bond donors (Lipinski definition) is 1. The molecule has 0 aliphatic carbocycles. The van der Waals surface area contributed by atoms with Gasteiger partial charge in [-0.3, -0.25) is 4.79 Å². The molecule has 146 valence electrons. The number of carbonyl (C=O) groups excluding carboxylic acids is 1. The lowest BCUT2D eigenvalue weighted by Crippen LogP contribution is -2.14. The second-order valence-electron chi connectivity index (χ2n) is 5.63. The Hall–Kier alpha value is -2.71. The third-order valence-corrected chi connectivity index (χ3v) is 4.76. The number of nitrogens with zero attached hydrogens (tertiary/aromatic N) is 1. The number of amides is 1. The molecule has 3 aromatic rings. The van der Waals surface area contributed by atoms with E-state index in [0.717, 1.165) is 5.56 Å². The minimum atomic E-state index is -2.88. The van der Waals surface area contributed by atoms with Gasteiger partial charge < -0.3 is 14.8 Å². The Bertz CT molecular complexity index is 964. The molecule has 3 rings (SSSR count). The summed E-state index contributed by atoms with van der Waals surface area (Å²) < 4.78 is 33.7. The van der Waals surface area contributed by atoms with Crippen LogP contribution in [-0.4, -0.2) is 24.6 Å². The SMILES string of the molecule is COc1ccc(-c2csc(NC(=O)Cc3ccc(OC(F)F)cc3)n2)cc1Cl. The second kappa shape index (κ2) is 8.99. The number of halogens is 3. The molecular weight excluding hydrogens is 410 g/mol. The normalized spacial score (nSPS) is 10.8. The van der Waals surface area contributed by atoms with Crippen LogP contribution in [0.5, 0.6) is 11.5 Å². The summed E-state index contributed by atoms with van der Waals surface area (Å²) in [6, 6.07) is 11.2. The number of benzene rings is 2. The topological polar surface area (TPSA) is 60.5 Å². The van der Waals surface area contributed by atoms with Crippen molar-refractivity contribution in [2.75, 3.05) is 12.4 Å². The Kier molecular flexibility index (Phi) is 6.43. The molecule has 0 spiro atoms. The van der Waals surface area contributed by atoms with Crippen LogP contribution in [0.25, 0.3) is 11.3 Å². The number of methoxy groups -OCH3 is 1. The highest BCUT2D eigenvalue weighted by molar-refractivity contribution is 7.14. The summed E-state index contributed by atoms with van der Waals surface area (Å²) in [4.78, 5) is 16.6. The summed E-state index contributed by atoms with van der Waals surface area (Å²) in [7, 11) is 1.54. The zero-order valence-corrected chi connectivity index (χ0v) is 16.2. The summed E-state index contributed by atoms with van der Waals surface area (Å²) in [5, 5.41) is 5.45. The van der Waals surface area contributed by atoms with E-state index in [2.05, 4.69) is 15.0 Å². The van der Waals surface area contributed by atoms with Crippen LogP contribution in [0, 0.1) is 0 Å². The first-order valence-corrected chi connectivity index (χ1v) is 9.33. The van der Waals surface area contributed by atoms with Crippen molar-refractivity contribution >= 4 is 34.0 Å². The smallest absolute Gasteiger partial charge is 0.387 e. The van der Waals surface area contributed by atoms with Crippen molar-refractivity contribution < 1.29 is 23.0 Å². The van der Waals surface area contributed by atoms with Crippen LogP contribution in [0.4, 0.5) is 13.9 Å². The van der Waals surface area contributed by atoms with E-state index in [1.54, 1.807) is 24.3 Å². The fraction of sp³-hybridized carbons (Fsp3) is 0.158. The van der Waals surface area contributed by atoms with E-state index in [4.69, 9.17) is 16.3 Å². The van der Waals surface area contributed by atoms with Crippen LogP contribution >= 0.6 is 22.9 Å². The highest BCUT2D eigenvalue weighted by Crippen LogP contribution is 2.31. The Balaban J connectivity index is 1.61. The summed E-state index contributed by atoms with van der Waals surface area (Å²) >= 11 is 7.42. The van der Waals surface area contributed by atoms with Gasteiger partial charge in [-0.2, -0.15) is 8.78 Å². The van der Waals surface area contributed by atoms with Crippen molar-refractivity contribution in [3.05, 3.63) is 58.4 Å². The maximum atomic E-state index is 12.2. The predicted octanol–water partition coefficient (Wildman–Crippen LogP) is 5.25. The van der Waals surface area contributed by atoms with Gasteiger partial charge in [0, 0.05) is 10.9 Å². The van der Waals surface area contributed by atoms with Crippen molar-refractivity contribution in [1.29, 1.82) is 0 Å². The molecule has 1 aromatic heterocycles. The van der Waals surface area contributed by atoms with E-state index in [1.165, 1.54) is 30.6 Å². The minimum Gasteiger partial charge on any atom is -0.495 e. The van der Waals surface area contributed by atoms with Gasteiger partial charge in [-0.25, -0.2) is 4.98 Å². The molecule has 1 N–H and O–H groups in total. The lowest BCUT2D eigenvalue weighted by molar-refractivity contribution is -0.115. The zero-order valence-electron chi connectivity index (χ0n) is 14.6. The highest BCUT2D eigenvalue weighted by atomic mass is 35.5. The van der Waals surface area contributed by atoms with E-state index in [1.807, 2.05) is 11.4 Å². The summed E-state index contributed by atoms with van der Waals surface area (Å²) in [6.45, 7) is -2.88. The van der Waals surface area contributed by atoms with E-state index < -0.39 is 6.61 Å². The number of aromatic nitrogens is 1. The van der Waals surface area contributed by atoms with Crippen LogP contribution < -0.4 is 14.8 Å². The zero-order chi connectivity index (χ0) is 20.1. The number of thiazole rings is 1. The number of hydrogen-bond acceptors (Lipinski definition) is 5. The number of alkyl halides is 2. The largest absolute Gasteiger partial charge is 0.495 e. The van der Waals surface area contributed by atoms with E-state index in [9.17, 15) is 13.6 Å². The first-order chi connectivity index (χ1) is 13.4. The third-order valence-electron chi connectivity index (χ3n) is 3.71. The van der Waals surface area contributed by atoms with Gasteiger partial charge in [0.15, 0.2) is 5.13 Å². The van der Waals surface area contributed by atoms with Crippen LogP contribution in [0.2, 0.25) is 5.02 Å². The quantitative estimate of drug-likeness (QED) is 0.562. The molecule has 9 heteroatoms. The van der Waals surface area contributed by atoms with E-state index in [0.29, 0.717) is 27.2 Å². The number of ether oxygens (including phenoxy) is 2. The Labute approximate surface area is 168 Å². The fourth-order valence-corrected chi connectivity index (χ4v) is 3.42. The summed E-state index contributed by atoms with van der Waals surface area (Å²) in [6.07, 6.45) is 0.0816. The van der Waals surface area contributed by atoms with Gasteiger partial charge >= 0.3 is 6.61 Å². The Morgan fingerprint density at radius 2 is 2.00 bits per heavy atom. The maximum Gasteiger partial charge on any atom is 0.387 e. The van der Waals surface area contributed by atoms with Gasteiger partial charge in [-0.15, -0.1) is 11.3 Å². The fourth-order valence-electron chi connectivity index (χ4n) is 2.43. The van der Waals surface area contributed by atoms with Crippen LogP contribution in [0.15, 0.2) is 47.8 Å². The lowest BCUT2D eigenvalue weighted by Gasteiger charge is -2.06. The molecule has 28 heavy (non-hydrogen) atoms. The number of nitrogens with one attached hydrogen (secondary N) is 1. The molecule has 0 aliphatic rings. The molecule has 0 atom stereocenters. The molecule has 0 fully saturated rings. The molecule has 0 aliphatic heterocycles. The number of anilines is 1. The molecule has 1 amide bonds. The van der Waals surface area contributed by atoms with Crippen molar-refractivity contribution in [1.82, 2.24) is 4.98 Å². The molecule has 0 saturated carbocycles. The molecule has 2 aromatic carbocycles. The molecule has 0 unspecified atom stereocenters. The standard InChI is InChI=1S/C19H15ClF2N2O3S/c1-26-16-7-4-12(9-14(16)20)15-10-28-19(23-15)24-17(25)8-11-2-5-13(6-3-11)27-18(21)22/h2-7,9-10,18H,8H2,1H3,(H,23,24,25). The van der Waals surface area contributed by atoms with Crippen molar-refractivity contribution in [3.8, 4) is 22.8 Å². The Morgan fingerprint density at radius 1 is 1.25 bits per heavy atom. The monoisotopic (exact) mass is 424 g/mol. The molecule has 5 nitrogen and oxygen atoms in total. The van der Waals surface area contributed by atoms with E-state index >= 15 is 0 Å². The van der Waals surface area contributed by atoms with Crippen molar-refractivity contribution in [2.24, 2.45) is 0 Å². The van der Waals surface area contributed by atoms with Gasteiger partial charge in [0.05, 0.1) is 24.2 Å². The second-order valence-corrected chi connectivity index (χ2v) is 6.90. The predicted molar refractivity (Wildman–Crippen MR) is 105 cm³/mol. The lowest BCUT2D eigenvalue weighted by atomic mass is 10.1. The molecule has 1 heterocycles. The van der Waals surface area contributed by atoms with Crippen LogP contribution in [-0.2, 0) is 11.2 Å². The van der Waals surface area contributed by atoms with Crippen LogP contribution in [0.3, 0.4) is 0 Å². The summed E-state index contributed by atoms with van der Waals surface area (Å²) in [5.41, 5.74) is 2.15. The average molecular weight is 425 g/mol.